The Kier molecular flexibility index (Phi) is 4.52. The molecule has 1 saturated carbocycles. The highest BCUT2D eigenvalue weighted by atomic mass is 16.3. The summed E-state index contributed by atoms with van der Waals surface area (Å²) < 4.78 is 0. The summed E-state index contributed by atoms with van der Waals surface area (Å²) in [4.78, 5) is 23.5. The molecule has 0 aromatic heterocycles. The number of carbonyl (C=O) groups is 2. The summed E-state index contributed by atoms with van der Waals surface area (Å²) in [5.74, 6) is 0.00925. The summed E-state index contributed by atoms with van der Waals surface area (Å²) in [5, 5.41) is 18.2. The van der Waals surface area contributed by atoms with Crippen LogP contribution in [0, 0.1) is 0 Å². The van der Waals surface area contributed by atoms with Crippen molar-refractivity contribution in [3.8, 4) is 0 Å². The van der Waals surface area contributed by atoms with Crippen LogP contribution in [0.5, 0.6) is 0 Å². The molecule has 6 nitrogen and oxygen atoms in total. The van der Waals surface area contributed by atoms with Crippen molar-refractivity contribution in [3.05, 3.63) is 29.3 Å². The highest BCUT2D eigenvalue weighted by Gasteiger charge is 2.22. The molecule has 1 fully saturated rings. The molecule has 23 heavy (non-hydrogen) atoms. The molecule has 3 rings (SSSR count). The van der Waals surface area contributed by atoms with E-state index in [1.165, 1.54) is 0 Å². The summed E-state index contributed by atoms with van der Waals surface area (Å²) in [6.07, 6.45) is 3.29. The van der Waals surface area contributed by atoms with E-state index in [-0.39, 0.29) is 30.1 Å². The Bertz CT molecular complexity index is 609. The molecule has 1 aliphatic carbocycles. The molecule has 0 radical (unpaired) electrons. The second kappa shape index (κ2) is 6.58. The number of hydrogen-bond donors (Lipinski definition) is 4. The minimum absolute atomic E-state index is 0.00925. The smallest absolute Gasteiger partial charge is 0.315 e. The van der Waals surface area contributed by atoms with Crippen molar-refractivity contribution in [1.82, 2.24) is 10.6 Å². The molecule has 1 aromatic rings. The first-order valence-electron chi connectivity index (χ1n) is 8.19. The number of rotatable bonds is 3. The second-order valence-electron chi connectivity index (χ2n) is 6.49. The van der Waals surface area contributed by atoms with Gasteiger partial charge in [-0.15, -0.1) is 0 Å². The summed E-state index contributed by atoms with van der Waals surface area (Å²) in [5.41, 5.74) is 2.81. The standard InChI is InChI=1S/C17H23N3O3/c1-10(11-2-7-15-12(8-11)9-16(22)20-15)18-17(23)19-13-3-5-14(21)6-4-13/h2,7-8,10,13-14,21H,3-6,9H2,1H3,(H,20,22)(H2,18,19,23)/t10-,13?,14?/m0/s1. The predicted molar refractivity (Wildman–Crippen MR) is 87.1 cm³/mol. The van der Waals surface area contributed by atoms with E-state index in [2.05, 4.69) is 16.0 Å². The second-order valence-corrected chi connectivity index (χ2v) is 6.49. The van der Waals surface area contributed by atoms with Gasteiger partial charge in [-0.3, -0.25) is 4.79 Å². The molecule has 3 amide bonds. The van der Waals surface area contributed by atoms with Crippen molar-refractivity contribution in [2.45, 2.75) is 57.2 Å². The van der Waals surface area contributed by atoms with Gasteiger partial charge in [0.2, 0.25) is 5.91 Å². The molecule has 0 saturated heterocycles. The number of fused-ring (bicyclic) bond motifs is 1. The number of amides is 3. The third kappa shape index (κ3) is 3.82. The Morgan fingerprint density at radius 3 is 2.78 bits per heavy atom. The Balaban J connectivity index is 1.54. The normalized spacial score (nSPS) is 24.5. The van der Waals surface area contributed by atoms with Gasteiger partial charge in [-0.2, -0.15) is 0 Å². The van der Waals surface area contributed by atoms with Crippen LogP contribution in [0.3, 0.4) is 0 Å². The lowest BCUT2D eigenvalue weighted by Crippen LogP contribution is -2.44. The summed E-state index contributed by atoms with van der Waals surface area (Å²) in [7, 11) is 0. The van der Waals surface area contributed by atoms with Crippen molar-refractivity contribution < 1.29 is 14.7 Å². The third-order valence-electron chi connectivity index (χ3n) is 4.63. The highest BCUT2D eigenvalue weighted by Crippen LogP contribution is 2.26. The lowest BCUT2D eigenvalue weighted by atomic mass is 9.93. The maximum atomic E-state index is 12.1. The van der Waals surface area contributed by atoms with Crippen LogP contribution in [-0.4, -0.2) is 29.2 Å². The maximum absolute atomic E-state index is 12.1. The van der Waals surface area contributed by atoms with Gasteiger partial charge in [-0.25, -0.2) is 4.79 Å². The van der Waals surface area contributed by atoms with Crippen molar-refractivity contribution in [1.29, 1.82) is 0 Å². The van der Waals surface area contributed by atoms with Crippen molar-refractivity contribution in [3.63, 3.8) is 0 Å². The Morgan fingerprint density at radius 2 is 2.04 bits per heavy atom. The van der Waals surface area contributed by atoms with E-state index in [0.717, 1.165) is 42.5 Å². The fourth-order valence-electron chi connectivity index (χ4n) is 3.25. The van der Waals surface area contributed by atoms with Gasteiger partial charge in [0.05, 0.1) is 18.6 Å². The maximum Gasteiger partial charge on any atom is 0.315 e. The minimum Gasteiger partial charge on any atom is -0.393 e. The zero-order valence-electron chi connectivity index (χ0n) is 13.3. The van der Waals surface area contributed by atoms with E-state index in [9.17, 15) is 14.7 Å². The molecule has 124 valence electrons. The van der Waals surface area contributed by atoms with Gasteiger partial charge < -0.3 is 21.1 Å². The van der Waals surface area contributed by atoms with Gasteiger partial charge >= 0.3 is 6.03 Å². The molecule has 1 heterocycles. The molecule has 1 aliphatic heterocycles. The lowest BCUT2D eigenvalue weighted by Gasteiger charge is -2.27. The van der Waals surface area contributed by atoms with Gasteiger partial charge in [0.15, 0.2) is 0 Å². The summed E-state index contributed by atoms with van der Waals surface area (Å²) in [6.45, 7) is 1.93. The van der Waals surface area contributed by atoms with Gasteiger partial charge in [0, 0.05) is 11.7 Å². The van der Waals surface area contributed by atoms with Gasteiger partial charge in [-0.1, -0.05) is 12.1 Å². The fourth-order valence-corrected chi connectivity index (χ4v) is 3.25. The number of benzene rings is 1. The van der Waals surface area contributed by atoms with E-state index < -0.39 is 0 Å². The monoisotopic (exact) mass is 317 g/mol. The van der Waals surface area contributed by atoms with Crippen LogP contribution in [-0.2, 0) is 11.2 Å². The number of carbonyl (C=O) groups excluding carboxylic acids is 2. The Morgan fingerprint density at radius 1 is 1.30 bits per heavy atom. The Hall–Kier alpha value is -2.08. The highest BCUT2D eigenvalue weighted by molar-refractivity contribution is 5.99. The molecule has 6 heteroatoms. The van der Waals surface area contributed by atoms with Crippen LogP contribution in [0.25, 0.3) is 0 Å². The molecular formula is C17H23N3O3. The molecule has 4 N–H and O–H groups in total. The van der Waals surface area contributed by atoms with E-state index in [1.54, 1.807) is 0 Å². The average molecular weight is 317 g/mol. The van der Waals surface area contributed by atoms with Crippen molar-refractivity contribution >= 4 is 17.6 Å². The quantitative estimate of drug-likeness (QED) is 0.686. The first-order valence-corrected chi connectivity index (χ1v) is 8.19. The van der Waals surface area contributed by atoms with E-state index in [4.69, 9.17) is 0 Å². The molecule has 0 bridgehead atoms. The number of urea groups is 1. The summed E-state index contributed by atoms with van der Waals surface area (Å²) >= 11 is 0. The van der Waals surface area contributed by atoms with Crippen LogP contribution in [0.1, 0.15) is 49.8 Å². The topological polar surface area (TPSA) is 90.5 Å². The van der Waals surface area contributed by atoms with Gasteiger partial charge in [-0.05, 0) is 49.8 Å². The largest absolute Gasteiger partial charge is 0.393 e. The van der Waals surface area contributed by atoms with E-state index >= 15 is 0 Å². The molecule has 0 spiro atoms. The molecule has 1 aromatic carbocycles. The zero-order valence-corrected chi connectivity index (χ0v) is 13.3. The van der Waals surface area contributed by atoms with Gasteiger partial charge in [0.25, 0.3) is 0 Å². The van der Waals surface area contributed by atoms with Gasteiger partial charge in [0.1, 0.15) is 0 Å². The molecule has 2 aliphatic rings. The zero-order chi connectivity index (χ0) is 16.4. The fraction of sp³-hybridized carbons (Fsp3) is 0.529. The number of hydrogen-bond acceptors (Lipinski definition) is 3. The van der Waals surface area contributed by atoms with Crippen LogP contribution in [0.2, 0.25) is 0 Å². The first kappa shape index (κ1) is 15.8. The number of anilines is 1. The minimum atomic E-state index is -0.224. The molecular weight excluding hydrogens is 294 g/mol. The number of aliphatic hydroxyl groups excluding tert-OH is 1. The van der Waals surface area contributed by atoms with Crippen LogP contribution >= 0.6 is 0 Å². The van der Waals surface area contributed by atoms with Crippen molar-refractivity contribution in [2.24, 2.45) is 0 Å². The average Bonchev–Trinajstić information content (AvgIpc) is 2.88. The molecule has 1 atom stereocenters. The SMILES string of the molecule is C[C@H](NC(=O)NC1CCC(O)CC1)c1ccc2c(c1)CC(=O)N2. The predicted octanol–water partition coefficient (Wildman–Crippen LogP) is 1.84. The number of aliphatic hydroxyl groups is 1. The number of nitrogens with one attached hydrogen (secondary N) is 3. The van der Waals surface area contributed by atoms with Crippen LogP contribution < -0.4 is 16.0 Å². The lowest BCUT2D eigenvalue weighted by molar-refractivity contribution is -0.115. The molecule has 0 unspecified atom stereocenters. The van der Waals surface area contributed by atoms with E-state index in [1.807, 2.05) is 25.1 Å². The summed E-state index contributed by atoms with van der Waals surface area (Å²) in [6, 6.07) is 5.58. The Labute approximate surface area is 135 Å². The van der Waals surface area contributed by atoms with Crippen molar-refractivity contribution in [2.75, 3.05) is 5.32 Å². The first-order chi connectivity index (χ1) is 11.0. The third-order valence-corrected chi connectivity index (χ3v) is 4.63. The van der Waals surface area contributed by atoms with E-state index in [0.29, 0.717) is 6.42 Å². The van der Waals surface area contributed by atoms with Crippen LogP contribution in [0.4, 0.5) is 10.5 Å². The van der Waals surface area contributed by atoms with Crippen LogP contribution in [0.15, 0.2) is 18.2 Å².